The molecule has 0 aromatic heterocycles. The number of hydrogen-bond acceptors (Lipinski definition) is 5. The van der Waals surface area contributed by atoms with Gasteiger partial charge in [0.25, 0.3) is 0 Å². The quantitative estimate of drug-likeness (QED) is 0.306. The Balaban J connectivity index is 1.31. The molecule has 44 heavy (non-hydrogen) atoms. The van der Waals surface area contributed by atoms with Crippen LogP contribution >= 0.6 is 11.6 Å². The largest absolute Gasteiger partial charge is 0.493 e. The van der Waals surface area contributed by atoms with E-state index in [0.717, 1.165) is 53.6 Å². The molecule has 2 fully saturated rings. The Kier molecular flexibility index (Phi) is 8.38. The van der Waals surface area contributed by atoms with Gasteiger partial charge in [-0.2, -0.15) is 0 Å². The highest BCUT2D eigenvalue weighted by Gasteiger charge is 2.41. The van der Waals surface area contributed by atoms with E-state index in [-0.39, 0.29) is 36.2 Å². The maximum atomic E-state index is 13.9. The van der Waals surface area contributed by atoms with E-state index in [0.29, 0.717) is 29.6 Å². The van der Waals surface area contributed by atoms with Gasteiger partial charge in [0.05, 0.1) is 31.3 Å². The normalized spacial score (nSPS) is 20.3. The Morgan fingerprint density at radius 2 is 1.64 bits per heavy atom. The fourth-order valence-corrected chi connectivity index (χ4v) is 6.90. The molecule has 0 radical (unpaired) electrons. The Morgan fingerprint density at radius 3 is 2.23 bits per heavy atom. The number of fused-ring (bicyclic) bond motifs is 1. The summed E-state index contributed by atoms with van der Waals surface area (Å²) >= 11 is 6.26. The molecular formula is C36H41ClN2O5. The van der Waals surface area contributed by atoms with Crippen LogP contribution < -0.4 is 14.4 Å². The van der Waals surface area contributed by atoms with Gasteiger partial charge in [0, 0.05) is 29.7 Å². The number of methoxy groups -OCH3 is 1. The molecule has 2 heterocycles. The Morgan fingerprint density at radius 1 is 0.977 bits per heavy atom. The monoisotopic (exact) mass is 616 g/mol. The zero-order chi connectivity index (χ0) is 31.2. The number of anilines is 1. The zero-order valence-electron chi connectivity index (χ0n) is 25.9. The van der Waals surface area contributed by atoms with E-state index in [1.54, 1.807) is 7.11 Å². The minimum Gasteiger partial charge on any atom is -0.493 e. The number of amides is 2. The molecule has 6 rings (SSSR count). The van der Waals surface area contributed by atoms with Gasteiger partial charge < -0.3 is 24.4 Å². The van der Waals surface area contributed by atoms with Crippen LogP contribution in [-0.2, 0) is 21.6 Å². The number of hydrogen-bond donors (Lipinski definition) is 1. The maximum absolute atomic E-state index is 13.9. The van der Waals surface area contributed by atoms with Crippen molar-refractivity contribution in [1.82, 2.24) is 4.90 Å². The fraction of sp³-hybridized carbons (Fsp3) is 0.444. The van der Waals surface area contributed by atoms with Crippen molar-refractivity contribution < 1.29 is 24.2 Å². The maximum Gasteiger partial charge on any atom is 0.232 e. The van der Waals surface area contributed by atoms with E-state index < -0.39 is 11.6 Å². The van der Waals surface area contributed by atoms with Crippen LogP contribution in [0.2, 0.25) is 5.02 Å². The van der Waals surface area contributed by atoms with Crippen molar-refractivity contribution in [2.75, 3.05) is 25.1 Å². The number of aliphatic hydroxyl groups is 1. The van der Waals surface area contributed by atoms with Gasteiger partial charge in [0.2, 0.25) is 11.8 Å². The molecule has 1 N–H and O–H groups in total. The Hall–Kier alpha value is -3.55. The average molecular weight is 617 g/mol. The lowest BCUT2D eigenvalue weighted by Gasteiger charge is -2.40. The van der Waals surface area contributed by atoms with E-state index in [4.69, 9.17) is 21.1 Å². The first kappa shape index (κ1) is 30.5. The predicted molar refractivity (Wildman–Crippen MR) is 171 cm³/mol. The van der Waals surface area contributed by atoms with Crippen molar-refractivity contribution in [3.63, 3.8) is 0 Å². The highest BCUT2D eigenvalue weighted by Crippen LogP contribution is 2.45. The van der Waals surface area contributed by atoms with Crippen LogP contribution in [0.25, 0.3) is 0 Å². The number of ether oxygens (including phenoxy) is 2. The Labute approximate surface area is 264 Å². The first-order valence-electron chi connectivity index (χ1n) is 15.6. The molecule has 1 saturated heterocycles. The summed E-state index contributed by atoms with van der Waals surface area (Å²) in [6.45, 7) is 7.18. The average Bonchev–Trinajstić information content (AvgIpc) is 3.86. The van der Waals surface area contributed by atoms with Crippen LogP contribution in [0.3, 0.4) is 0 Å². The van der Waals surface area contributed by atoms with Crippen molar-refractivity contribution in [3.8, 4) is 11.5 Å². The molecule has 2 unspecified atom stereocenters. The second-order valence-electron chi connectivity index (χ2n) is 12.8. The number of carbonyl (C=O) groups is 2. The van der Waals surface area contributed by atoms with Gasteiger partial charge in [0.15, 0.2) is 11.5 Å². The van der Waals surface area contributed by atoms with E-state index in [2.05, 4.69) is 0 Å². The first-order valence-corrected chi connectivity index (χ1v) is 16.0. The van der Waals surface area contributed by atoms with Gasteiger partial charge in [-0.25, -0.2) is 0 Å². The van der Waals surface area contributed by atoms with E-state index >= 15 is 0 Å². The number of nitrogens with zero attached hydrogens (tertiary/aromatic N) is 2. The van der Waals surface area contributed by atoms with Crippen LogP contribution in [0.15, 0.2) is 60.7 Å². The minimum absolute atomic E-state index is 0.0377. The SMILES string of the molecule is COc1cc2c(cc1OC(C)C)C(c1ccc(Cl)cc1)N(c1ccc(C(C)(O)C3CCN(C(=O)C4CC4)CC3)cc1)C(=O)C2. The van der Waals surface area contributed by atoms with E-state index in [1.165, 1.54) is 0 Å². The molecule has 2 aliphatic heterocycles. The molecule has 8 heteroatoms. The standard InChI is InChI=1S/C36H41ClN2O5/c1-22(2)44-32-21-30-25(19-31(32)43-4)20-33(40)39(34(30)23-7-11-28(37)12-8-23)29-13-9-26(10-14-29)36(3,42)27-15-17-38(18-16-27)35(41)24-5-6-24/h7-14,19,21-22,24,27,34,42H,5-6,15-18,20H2,1-4H3. The molecule has 3 aliphatic rings. The number of likely N-dealkylation sites (tertiary alicyclic amines) is 1. The lowest BCUT2D eigenvalue weighted by molar-refractivity contribution is -0.135. The molecule has 1 aliphatic carbocycles. The number of benzene rings is 3. The summed E-state index contributed by atoms with van der Waals surface area (Å²) < 4.78 is 11.8. The molecule has 3 aromatic rings. The number of rotatable bonds is 8. The van der Waals surface area contributed by atoms with Crippen molar-refractivity contribution in [2.24, 2.45) is 11.8 Å². The molecule has 232 valence electrons. The van der Waals surface area contributed by atoms with Crippen LogP contribution in [0.5, 0.6) is 11.5 Å². The third-order valence-electron chi connectivity index (χ3n) is 9.40. The van der Waals surface area contributed by atoms with Crippen molar-refractivity contribution >= 4 is 29.1 Å². The van der Waals surface area contributed by atoms with E-state index in [1.807, 2.05) is 91.2 Å². The van der Waals surface area contributed by atoms with Crippen molar-refractivity contribution in [3.05, 3.63) is 87.9 Å². The lowest BCUT2D eigenvalue weighted by Crippen LogP contribution is -2.44. The second-order valence-corrected chi connectivity index (χ2v) is 13.3. The molecule has 0 spiro atoms. The van der Waals surface area contributed by atoms with Crippen LogP contribution in [0, 0.1) is 11.8 Å². The summed E-state index contributed by atoms with van der Waals surface area (Å²) in [7, 11) is 1.61. The van der Waals surface area contributed by atoms with Crippen molar-refractivity contribution in [2.45, 2.75) is 70.6 Å². The Bertz CT molecular complexity index is 1520. The number of piperidine rings is 1. The second kappa shape index (κ2) is 12.1. The molecule has 0 bridgehead atoms. The van der Waals surface area contributed by atoms with Gasteiger partial charge in [-0.3, -0.25) is 9.59 Å². The summed E-state index contributed by atoms with van der Waals surface area (Å²) in [5.74, 6) is 1.73. The third-order valence-corrected chi connectivity index (χ3v) is 9.65. The molecular weight excluding hydrogens is 576 g/mol. The van der Waals surface area contributed by atoms with Crippen LogP contribution in [-0.4, -0.2) is 48.1 Å². The molecule has 2 amide bonds. The fourth-order valence-electron chi connectivity index (χ4n) is 6.77. The number of halogens is 1. The molecule has 1 saturated carbocycles. The summed E-state index contributed by atoms with van der Waals surface area (Å²) in [6, 6.07) is 18.8. The van der Waals surface area contributed by atoms with Gasteiger partial charge in [-0.05, 0) is 111 Å². The van der Waals surface area contributed by atoms with Crippen LogP contribution in [0.1, 0.15) is 74.8 Å². The van der Waals surface area contributed by atoms with Gasteiger partial charge >= 0.3 is 0 Å². The predicted octanol–water partition coefficient (Wildman–Crippen LogP) is 6.67. The van der Waals surface area contributed by atoms with Crippen LogP contribution in [0.4, 0.5) is 5.69 Å². The molecule has 7 nitrogen and oxygen atoms in total. The van der Waals surface area contributed by atoms with Gasteiger partial charge in [0.1, 0.15) is 0 Å². The van der Waals surface area contributed by atoms with Gasteiger partial charge in [-0.15, -0.1) is 0 Å². The zero-order valence-corrected chi connectivity index (χ0v) is 26.6. The van der Waals surface area contributed by atoms with E-state index in [9.17, 15) is 14.7 Å². The highest BCUT2D eigenvalue weighted by atomic mass is 35.5. The summed E-state index contributed by atoms with van der Waals surface area (Å²) in [4.78, 5) is 30.2. The lowest BCUT2D eigenvalue weighted by atomic mass is 9.77. The summed E-state index contributed by atoms with van der Waals surface area (Å²) in [5, 5.41) is 12.3. The van der Waals surface area contributed by atoms with Crippen molar-refractivity contribution in [1.29, 1.82) is 0 Å². The third kappa shape index (κ3) is 5.92. The highest BCUT2D eigenvalue weighted by molar-refractivity contribution is 6.30. The summed E-state index contributed by atoms with van der Waals surface area (Å²) in [6.07, 6.45) is 3.70. The summed E-state index contributed by atoms with van der Waals surface area (Å²) in [5.41, 5.74) is 3.27. The minimum atomic E-state index is -1.05. The van der Waals surface area contributed by atoms with Gasteiger partial charge in [-0.1, -0.05) is 35.9 Å². The molecule has 2 atom stereocenters. The topological polar surface area (TPSA) is 79.3 Å². The smallest absolute Gasteiger partial charge is 0.232 e. The first-order chi connectivity index (χ1) is 21.1. The molecule has 3 aromatic carbocycles. The number of carbonyl (C=O) groups excluding carboxylic acids is 2.